The molecule has 1 N–H and O–H groups in total. The maximum Gasteiger partial charge on any atom is 0.0355 e. The van der Waals surface area contributed by atoms with Crippen molar-refractivity contribution in [1.29, 1.82) is 0 Å². The Morgan fingerprint density at radius 3 is 2.74 bits per heavy atom. The van der Waals surface area contributed by atoms with Gasteiger partial charge in [-0.15, -0.1) is 0 Å². The summed E-state index contributed by atoms with van der Waals surface area (Å²) in [6, 6.07) is 11.3. The summed E-state index contributed by atoms with van der Waals surface area (Å²) in [4.78, 5) is 2.64. The Kier molecular flexibility index (Phi) is 6.21. The third-order valence-corrected chi connectivity index (χ3v) is 4.95. The Balaban J connectivity index is 1.94. The summed E-state index contributed by atoms with van der Waals surface area (Å²) < 4.78 is 0. The van der Waals surface area contributed by atoms with Gasteiger partial charge >= 0.3 is 0 Å². The van der Waals surface area contributed by atoms with Crippen molar-refractivity contribution in [1.82, 2.24) is 10.2 Å². The van der Waals surface area contributed by atoms with Gasteiger partial charge < -0.3 is 10.2 Å². The molecule has 19 heavy (non-hydrogen) atoms. The number of nitrogens with zero attached hydrogens (tertiary/aromatic N) is 1. The zero-order chi connectivity index (χ0) is 13.5. The highest BCUT2D eigenvalue weighted by molar-refractivity contribution is 7.99. The second-order valence-electron chi connectivity index (χ2n) is 5.42. The number of hydrogen-bond acceptors (Lipinski definition) is 3. The van der Waals surface area contributed by atoms with Crippen LogP contribution in [0.3, 0.4) is 0 Å². The number of benzene rings is 1. The molecule has 106 valence electrons. The van der Waals surface area contributed by atoms with E-state index < -0.39 is 0 Å². The lowest BCUT2D eigenvalue weighted by Crippen LogP contribution is -2.36. The van der Waals surface area contributed by atoms with Gasteiger partial charge in [-0.1, -0.05) is 37.3 Å². The first-order valence-electron chi connectivity index (χ1n) is 7.33. The molecule has 2 unspecified atom stereocenters. The Morgan fingerprint density at radius 1 is 1.21 bits per heavy atom. The van der Waals surface area contributed by atoms with E-state index in [0.717, 1.165) is 0 Å². The molecule has 1 aliphatic heterocycles. The third-order valence-electron chi connectivity index (χ3n) is 3.90. The van der Waals surface area contributed by atoms with Gasteiger partial charge in [0, 0.05) is 24.9 Å². The first-order valence-corrected chi connectivity index (χ1v) is 8.49. The average molecular weight is 278 g/mol. The van der Waals surface area contributed by atoms with Gasteiger partial charge in [0.05, 0.1) is 0 Å². The molecule has 1 saturated heterocycles. The minimum Gasteiger partial charge on any atom is -0.313 e. The van der Waals surface area contributed by atoms with Crippen molar-refractivity contribution in [3.63, 3.8) is 0 Å². The van der Waals surface area contributed by atoms with Crippen LogP contribution in [0.15, 0.2) is 30.3 Å². The normalized spacial score (nSPS) is 20.7. The van der Waals surface area contributed by atoms with Crippen LogP contribution in [0.1, 0.15) is 24.9 Å². The molecule has 0 spiro atoms. The molecular formula is C16H26N2S. The van der Waals surface area contributed by atoms with E-state index in [1.54, 1.807) is 0 Å². The fraction of sp³-hybridized carbons (Fsp3) is 0.625. The SMILES string of the molecule is CNC(c1ccccc1)C(C)CN1CCCSCC1. The molecule has 2 atom stereocenters. The highest BCUT2D eigenvalue weighted by Crippen LogP contribution is 2.23. The lowest BCUT2D eigenvalue weighted by Gasteiger charge is -2.29. The van der Waals surface area contributed by atoms with E-state index in [4.69, 9.17) is 0 Å². The van der Waals surface area contributed by atoms with Crippen LogP contribution < -0.4 is 5.32 Å². The summed E-state index contributed by atoms with van der Waals surface area (Å²) in [5, 5.41) is 3.49. The Morgan fingerprint density at radius 2 is 2.00 bits per heavy atom. The van der Waals surface area contributed by atoms with Crippen molar-refractivity contribution in [3.8, 4) is 0 Å². The van der Waals surface area contributed by atoms with Gasteiger partial charge in [0.25, 0.3) is 0 Å². The fourth-order valence-electron chi connectivity index (χ4n) is 2.93. The lowest BCUT2D eigenvalue weighted by molar-refractivity contribution is 0.227. The first-order chi connectivity index (χ1) is 9.31. The summed E-state index contributed by atoms with van der Waals surface area (Å²) in [7, 11) is 2.08. The van der Waals surface area contributed by atoms with Crippen molar-refractivity contribution in [2.24, 2.45) is 5.92 Å². The minimum atomic E-state index is 0.456. The molecule has 0 amide bonds. The maximum absolute atomic E-state index is 3.49. The van der Waals surface area contributed by atoms with Crippen molar-refractivity contribution < 1.29 is 0 Å². The predicted octanol–water partition coefficient (Wildman–Crippen LogP) is 3.02. The van der Waals surface area contributed by atoms with E-state index in [2.05, 4.69) is 66.3 Å². The Bertz CT molecular complexity index is 347. The van der Waals surface area contributed by atoms with Gasteiger partial charge in [-0.3, -0.25) is 0 Å². The second kappa shape index (κ2) is 7.93. The molecule has 0 bridgehead atoms. The molecule has 1 heterocycles. The molecule has 0 radical (unpaired) electrons. The largest absolute Gasteiger partial charge is 0.313 e. The smallest absolute Gasteiger partial charge is 0.0355 e. The molecule has 0 aliphatic carbocycles. The van der Waals surface area contributed by atoms with Crippen LogP contribution in [0.2, 0.25) is 0 Å². The molecule has 2 rings (SSSR count). The summed E-state index contributed by atoms with van der Waals surface area (Å²) in [5.41, 5.74) is 1.40. The van der Waals surface area contributed by atoms with Crippen molar-refractivity contribution in [3.05, 3.63) is 35.9 Å². The third kappa shape index (κ3) is 4.51. The lowest BCUT2D eigenvalue weighted by atomic mass is 9.94. The van der Waals surface area contributed by atoms with Crippen LogP contribution in [0.4, 0.5) is 0 Å². The van der Waals surface area contributed by atoms with Gasteiger partial charge in [-0.2, -0.15) is 11.8 Å². The number of hydrogen-bond donors (Lipinski definition) is 1. The second-order valence-corrected chi connectivity index (χ2v) is 6.65. The van der Waals surface area contributed by atoms with E-state index >= 15 is 0 Å². The molecule has 0 aromatic heterocycles. The van der Waals surface area contributed by atoms with Crippen LogP contribution in [-0.2, 0) is 0 Å². The van der Waals surface area contributed by atoms with Gasteiger partial charge in [-0.25, -0.2) is 0 Å². The highest BCUT2D eigenvalue weighted by atomic mass is 32.2. The van der Waals surface area contributed by atoms with Crippen LogP contribution >= 0.6 is 11.8 Å². The fourth-order valence-corrected chi connectivity index (χ4v) is 3.86. The average Bonchev–Trinajstić information content (AvgIpc) is 2.69. The van der Waals surface area contributed by atoms with E-state index in [9.17, 15) is 0 Å². The molecule has 1 aliphatic rings. The molecule has 2 nitrogen and oxygen atoms in total. The molecular weight excluding hydrogens is 252 g/mol. The summed E-state index contributed by atoms with van der Waals surface area (Å²) >= 11 is 2.10. The van der Waals surface area contributed by atoms with Crippen molar-refractivity contribution in [2.75, 3.05) is 38.2 Å². The highest BCUT2D eigenvalue weighted by Gasteiger charge is 2.20. The van der Waals surface area contributed by atoms with E-state index in [-0.39, 0.29) is 0 Å². The number of thioether (sulfide) groups is 1. The van der Waals surface area contributed by atoms with E-state index in [1.807, 2.05) is 0 Å². The van der Waals surface area contributed by atoms with E-state index in [1.165, 1.54) is 43.1 Å². The Hall–Kier alpha value is -0.510. The zero-order valence-electron chi connectivity index (χ0n) is 12.1. The summed E-state index contributed by atoms with van der Waals surface area (Å²) in [6.07, 6.45) is 1.34. The monoisotopic (exact) mass is 278 g/mol. The zero-order valence-corrected chi connectivity index (χ0v) is 13.0. The standard InChI is InChI=1S/C16H26N2S/c1-14(13-18-9-6-11-19-12-10-18)16(17-2)15-7-4-3-5-8-15/h3-5,7-8,14,16-17H,6,9-13H2,1-2H3. The van der Waals surface area contributed by atoms with Gasteiger partial charge in [0.2, 0.25) is 0 Å². The Labute approximate surface area is 122 Å². The number of nitrogens with one attached hydrogen (secondary N) is 1. The van der Waals surface area contributed by atoms with Crippen LogP contribution in [-0.4, -0.2) is 43.1 Å². The van der Waals surface area contributed by atoms with Crippen LogP contribution in [0.5, 0.6) is 0 Å². The number of rotatable bonds is 5. The quantitative estimate of drug-likeness (QED) is 0.891. The van der Waals surface area contributed by atoms with Gasteiger partial charge in [-0.05, 0) is 37.2 Å². The van der Waals surface area contributed by atoms with E-state index in [0.29, 0.717) is 12.0 Å². The topological polar surface area (TPSA) is 15.3 Å². The molecule has 1 fully saturated rings. The minimum absolute atomic E-state index is 0.456. The summed E-state index contributed by atoms with van der Waals surface area (Å²) in [5.74, 6) is 3.26. The predicted molar refractivity (Wildman–Crippen MR) is 85.8 cm³/mol. The van der Waals surface area contributed by atoms with Crippen molar-refractivity contribution >= 4 is 11.8 Å². The molecule has 0 saturated carbocycles. The molecule has 1 aromatic rings. The summed E-state index contributed by atoms with van der Waals surface area (Å²) in [6.45, 7) is 6.08. The van der Waals surface area contributed by atoms with Crippen molar-refractivity contribution in [2.45, 2.75) is 19.4 Å². The van der Waals surface area contributed by atoms with Crippen LogP contribution in [0.25, 0.3) is 0 Å². The van der Waals surface area contributed by atoms with Gasteiger partial charge in [0.1, 0.15) is 0 Å². The van der Waals surface area contributed by atoms with Gasteiger partial charge in [0.15, 0.2) is 0 Å². The maximum atomic E-state index is 3.49. The van der Waals surface area contributed by atoms with Crippen LogP contribution in [0, 0.1) is 5.92 Å². The first kappa shape index (κ1) is 14.9. The molecule has 1 aromatic carbocycles. The molecule has 3 heteroatoms.